The minimum atomic E-state index is -0.655. The molecule has 0 radical (unpaired) electrons. The molecule has 1 unspecified atom stereocenters. The zero-order chi connectivity index (χ0) is 14.0. The van der Waals surface area contributed by atoms with Crippen molar-refractivity contribution in [3.8, 4) is 0 Å². The third kappa shape index (κ3) is 11.9. The molecule has 18 heavy (non-hydrogen) atoms. The predicted octanol–water partition coefficient (Wildman–Crippen LogP) is 5.26. The summed E-state index contributed by atoms with van der Waals surface area (Å²) in [5.41, 5.74) is 0.479. The van der Waals surface area contributed by atoms with Crippen molar-refractivity contribution in [3.63, 3.8) is 0 Å². The smallest absolute Gasteiger partial charge is 0.306 e. The van der Waals surface area contributed by atoms with Crippen molar-refractivity contribution >= 4 is 5.97 Å². The van der Waals surface area contributed by atoms with Crippen molar-refractivity contribution in [2.24, 2.45) is 11.3 Å². The largest absolute Gasteiger partial charge is 0.481 e. The number of aliphatic carboxylic acids is 1. The average molecular weight is 256 g/mol. The van der Waals surface area contributed by atoms with E-state index < -0.39 is 5.97 Å². The molecule has 0 aromatic carbocycles. The van der Waals surface area contributed by atoms with Gasteiger partial charge in [-0.15, -0.1) is 0 Å². The molecule has 0 spiro atoms. The molecule has 2 heteroatoms. The van der Waals surface area contributed by atoms with Crippen LogP contribution in [0, 0.1) is 11.3 Å². The Kier molecular flexibility index (Phi) is 9.13. The van der Waals surface area contributed by atoms with Crippen molar-refractivity contribution in [1.82, 2.24) is 0 Å². The second kappa shape index (κ2) is 9.41. The first-order valence-corrected chi connectivity index (χ1v) is 7.56. The van der Waals surface area contributed by atoms with Crippen LogP contribution in [0.2, 0.25) is 0 Å². The summed E-state index contributed by atoms with van der Waals surface area (Å²) in [6, 6.07) is 0. The fraction of sp³-hybridized carbons (Fsp3) is 0.938. The summed E-state index contributed by atoms with van der Waals surface area (Å²) in [7, 11) is 0. The van der Waals surface area contributed by atoms with Crippen LogP contribution in [0.5, 0.6) is 0 Å². The van der Waals surface area contributed by atoms with E-state index in [9.17, 15) is 4.79 Å². The van der Waals surface area contributed by atoms with Gasteiger partial charge in [0.15, 0.2) is 0 Å². The molecule has 0 heterocycles. The first kappa shape index (κ1) is 17.5. The van der Waals surface area contributed by atoms with Gasteiger partial charge in [-0.3, -0.25) is 4.79 Å². The molecule has 0 aliphatic heterocycles. The van der Waals surface area contributed by atoms with E-state index in [-0.39, 0.29) is 5.92 Å². The van der Waals surface area contributed by atoms with Crippen molar-refractivity contribution in [2.75, 3.05) is 0 Å². The van der Waals surface area contributed by atoms with Crippen LogP contribution in [0.15, 0.2) is 0 Å². The lowest BCUT2D eigenvalue weighted by molar-refractivity contribution is -0.141. The molecule has 108 valence electrons. The average Bonchev–Trinajstić information content (AvgIpc) is 2.24. The van der Waals surface area contributed by atoms with Gasteiger partial charge in [-0.1, -0.05) is 72.6 Å². The number of unbranched alkanes of at least 4 members (excludes halogenated alkanes) is 6. The first-order chi connectivity index (χ1) is 8.33. The van der Waals surface area contributed by atoms with Gasteiger partial charge in [0.05, 0.1) is 5.92 Å². The maximum Gasteiger partial charge on any atom is 0.306 e. The lowest BCUT2D eigenvalue weighted by Crippen LogP contribution is -2.08. The summed E-state index contributed by atoms with van der Waals surface area (Å²) in [6.45, 7) is 8.71. The van der Waals surface area contributed by atoms with E-state index in [0.29, 0.717) is 5.41 Å². The van der Waals surface area contributed by atoms with Gasteiger partial charge in [-0.25, -0.2) is 0 Å². The van der Waals surface area contributed by atoms with E-state index in [2.05, 4.69) is 20.8 Å². The molecule has 0 bridgehead atoms. The van der Waals surface area contributed by atoms with Gasteiger partial charge in [-0.2, -0.15) is 0 Å². The van der Waals surface area contributed by atoms with Gasteiger partial charge in [0.25, 0.3) is 0 Å². The summed E-state index contributed by atoms with van der Waals surface area (Å²) in [5, 5.41) is 8.75. The van der Waals surface area contributed by atoms with Crippen LogP contribution in [0.4, 0.5) is 0 Å². The van der Waals surface area contributed by atoms with E-state index in [1.807, 2.05) is 0 Å². The quantitative estimate of drug-likeness (QED) is 0.541. The van der Waals surface area contributed by atoms with Gasteiger partial charge < -0.3 is 5.11 Å². The molecule has 0 aliphatic carbocycles. The molecule has 2 nitrogen and oxygen atoms in total. The molecule has 1 N–H and O–H groups in total. The summed E-state index contributed by atoms with van der Waals surface area (Å²) in [5.74, 6) is -0.825. The standard InChI is InChI=1S/C16H32O2/c1-14(15(17)18)12-10-8-6-5-7-9-11-13-16(2,3)4/h14H,5-13H2,1-4H3,(H,17,18). The van der Waals surface area contributed by atoms with Crippen molar-refractivity contribution < 1.29 is 9.90 Å². The van der Waals surface area contributed by atoms with Crippen molar-refractivity contribution in [3.05, 3.63) is 0 Å². The normalized spacial score (nSPS) is 13.6. The maximum absolute atomic E-state index is 10.6. The van der Waals surface area contributed by atoms with Gasteiger partial charge in [0, 0.05) is 0 Å². The monoisotopic (exact) mass is 256 g/mol. The molecule has 0 aromatic heterocycles. The van der Waals surface area contributed by atoms with Crippen molar-refractivity contribution in [2.45, 2.75) is 85.5 Å². The molecule has 0 amide bonds. The van der Waals surface area contributed by atoms with E-state index in [1.165, 1.54) is 44.9 Å². The van der Waals surface area contributed by atoms with Crippen LogP contribution in [0.25, 0.3) is 0 Å². The van der Waals surface area contributed by atoms with Gasteiger partial charge in [0.1, 0.15) is 0 Å². The SMILES string of the molecule is CC(CCCCCCCCCC(C)(C)C)C(=O)O. The Morgan fingerprint density at radius 3 is 1.83 bits per heavy atom. The van der Waals surface area contributed by atoms with Gasteiger partial charge in [0.2, 0.25) is 0 Å². The Bertz CT molecular complexity index is 216. The molecular weight excluding hydrogens is 224 g/mol. The maximum atomic E-state index is 10.6. The van der Waals surface area contributed by atoms with Crippen LogP contribution in [-0.2, 0) is 4.79 Å². The van der Waals surface area contributed by atoms with E-state index >= 15 is 0 Å². The molecule has 0 fully saturated rings. The van der Waals surface area contributed by atoms with E-state index in [0.717, 1.165) is 12.8 Å². The van der Waals surface area contributed by atoms with Crippen LogP contribution < -0.4 is 0 Å². The van der Waals surface area contributed by atoms with Crippen LogP contribution in [-0.4, -0.2) is 11.1 Å². The molecule has 0 aliphatic rings. The topological polar surface area (TPSA) is 37.3 Å². The summed E-state index contributed by atoms with van der Waals surface area (Å²) in [4.78, 5) is 10.6. The number of rotatable bonds is 10. The fourth-order valence-electron chi connectivity index (χ4n) is 2.11. The predicted molar refractivity (Wildman–Crippen MR) is 77.8 cm³/mol. The highest BCUT2D eigenvalue weighted by atomic mass is 16.4. The number of carboxylic acid groups (broad SMARTS) is 1. The zero-order valence-corrected chi connectivity index (χ0v) is 12.8. The second-order valence-electron chi connectivity index (χ2n) is 6.81. The fourth-order valence-corrected chi connectivity index (χ4v) is 2.11. The number of hydrogen-bond donors (Lipinski definition) is 1. The third-order valence-corrected chi connectivity index (χ3v) is 3.49. The van der Waals surface area contributed by atoms with Gasteiger partial charge >= 0.3 is 5.97 Å². The Hall–Kier alpha value is -0.530. The van der Waals surface area contributed by atoms with Crippen molar-refractivity contribution in [1.29, 1.82) is 0 Å². The first-order valence-electron chi connectivity index (χ1n) is 7.56. The Morgan fingerprint density at radius 1 is 0.944 bits per heavy atom. The van der Waals surface area contributed by atoms with Crippen LogP contribution >= 0.6 is 0 Å². The molecular formula is C16H32O2. The lowest BCUT2D eigenvalue weighted by atomic mass is 9.89. The Labute approximate surface area is 113 Å². The molecule has 0 saturated heterocycles. The van der Waals surface area contributed by atoms with E-state index in [4.69, 9.17) is 5.11 Å². The Morgan fingerprint density at radius 2 is 1.39 bits per heavy atom. The summed E-state index contributed by atoms with van der Waals surface area (Å²) >= 11 is 0. The molecule has 1 atom stereocenters. The zero-order valence-electron chi connectivity index (χ0n) is 12.8. The lowest BCUT2D eigenvalue weighted by Gasteiger charge is -2.17. The molecule has 0 rings (SSSR count). The number of carbonyl (C=O) groups is 1. The minimum absolute atomic E-state index is 0.170. The highest BCUT2D eigenvalue weighted by Gasteiger charge is 2.10. The third-order valence-electron chi connectivity index (χ3n) is 3.49. The molecule has 0 aromatic rings. The summed E-state index contributed by atoms with van der Waals surface area (Å²) < 4.78 is 0. The minimum Gasteiger partial charge on any atom is -0.481 e. The summed E-state index contributed by atoms with van der Waals surface area (Å²) in [6.07, 6.45) is 11.0. The highest BCUT2D eigenvalue weighted by molar-refractivity contribution is 5.69. The van der Waals surface area contributed by atoms with E-state index in [1.54, 1.807) is 6.92 Å². The second-order valence-corrected chi connectivity index (χ2v) is 6.81. The number of hydrogen-bond acceptors (Lipinski definition) is 1. The Balaban J connectivity index is 3.20. The van der Waals surface area contributed by atoms with Gasteiger partial charge in [-0.05, 0) is 18.3 Å². The number of carboxylic acids is 1. The van der Waals surface area contributed by atoms with Crippen LogP contribution in [0.1, 0.15) is 85.5 Å². The molecule has 0 saturated carbocycles. The highest BCUT2D eigenvalue weighted by Crippen LogP contribution is 2.22. The van der Waals surface area contributed by atoms with Crippen LogP contribution in [0.3, 0.4) is 0 Å².